The fraction of sp³-hybridized carbons (Fsp3) is 0.667. The summed E-state index contributed by atoms with van der Waals surface area (Å²) in [6, 6.07) is -0.269. The predicted octanol–water partition coefficient (Wildman–Crippen LogP) is 0.0454. The molecule has 1 atom stereocenters. The van der Waals surface area contributed by atoms with Crippen LogP contribution in [0.2, 0.25) is 0 Å². The van der Waals surface area contributed by atoms with Gasteiger partial charge in [0.15, 0.2) is 0 Å². The molecule has 4 N–H and O–H groups in total. The lowest BCUT2D eigenvalue weighted by Crippen LogP contribution is -2.29. The molecule has 1 aliphatic rings. The van der Waals surface area contributed by atoms with Gasteiger partial charge in [0.05, 0.1) is 0 Å². The highest BCUT2D eigenvalue weighted by Crippen LogP contribution is 2.03. The second-order valence-electron chi connectivity index (χ2n) is 2.27. The quantitative estimate of drug-likeness (QED) is 0.450. The maximum atomic E-state index is 10.1. The van der Waals surface area contributed by atoms with E-state index in [2.05, 4.69) is 5.32 Å². The van der Waals surface area contributed by atoms with Crippen LogP contribution >= 0.6 is 0 Å². The molecule has 1 fully saturated rings. The van der Waals surface area contributed by atoms with Crippen LogP contribution in [0.25, 0.3) is 0 Å². The van der Waals surface area contributed by atoms with Crippen LogP contribution in [0, 0.1) is 0 Å². The van der Waals surface area contributed by atoms with Crippen LogP contribution in [0.1, 0.15) is 12.8 Å². The van der Waals surface area contributed by atoms with E-state index in [4.69, 9.17) is 20.1 Å². The molecule has 6 heteroatoms. The van der Waals surface area contributed by atoms with Crippen molar-refractivity contribution in [1.82, 2.24) is 5.32 Å². The summed E-state index contributed by atoms with van der Waals surface area (Å²) in [5.74, 6) is -0.720. The molecule has 0 aliphatic carbocycles. The zero-order chi connectivity index (χ0) is 9.56. The lowest BCUT2D eigenvalue weighted by Gasteiger charge is -1.99. The van der Waals surface area contributed by atoms with Crippen molar-refractivity contribution >= 4 is 12.1 Å². The summed E-state index contributed by atoms with van der Waals surface area (Å²) >= 11 is 0. The normalized spacial score (nSPS) is 20.8. The number of nitrogens with one attached hydrogen (secondary N) is 1. The number of hydrogen-bond acceptors (Lipinski definition) is 3. The minimum Gasteiger partial charge on any atom is -0.480 e. The maximum absolute atomic E-state index is 10.1. The van der Waals surface area contributed by atoms with Gasteiger partial charge in [0.1, 0.15) is 6.04 Å². The molecule has 1 rings (SSSR count). The van der Waals surface area contributed by atoms with Gasteiger partial charge in [-0.2, -0.15) is 0 Å². The first-order valence-electron chi connectivity index (χ1n) is 3.42. The molecule has 12 heavy (non-hydrogen) atoms. The Balaban J connectivity index is 0.000000261. The van der Waals surface area contributed by atoms with Crippen molar-refractivity contribution in [2.75, 3.05) is 6.54 Å². The first-order valence-corrected chi connectivity index (χ1v) is 3.42. The number of aliphatic carboxylic acids is 1. The zero-order valence-corrected chi connectivity index (χ0v) is 6.36. The number of carboxylic acid groups (broad SMARTS) is 3. The SMILES string of the molecule is O=C(O)C1CCCN1.O=C(O)O. The summed E-state index contributed by atoms with van der Waals surface area (Å²) in [5, 5.41) is 25.2. The summed E-state index contributed by atoms with van der Waals surface area (Å²) in [6.07, 6.45) is -0.0493. The van der Waals surface area contributed by atoms with Crippen molar-refractivity contribution in [2.24, 2.45) is 0 Å². The fourth-order valence-corrected chi connectivity index (χ4v) is 0.895. The summed E-state index contributed by atoms with van der Waals surface area (Å²) in [6.45, 7) is 0.858. The molecule has 70 valence electrons. The van der Waals surface area contributed by atoms with Crippen molar-refractivity contribution in [2.45, 2.75) is 18.9 Å². The van der Waals surface area contributed by atoms with Gasteiger partial charge in [-0.1, -0.05) is 0 Å². The molecule has 1 aliphatic heterocycles. The lowest BCUT2D eigenvalue weighted by molar-refractivity contribution is -0.139. The molecule has 6 nitrogen and oxygen atoms in total. The summed E-state index contributed by atoms with van der Waals surface area (Å²) in [5.41, 5.74) is 0. The molecule has 0 aromatic heterocycles. The van der Waals surface area contributed by atoms with E-state index in [1.165, 1.54) is 0 Å². The highest BCUT2D eigenvalue weighted by atomic mass is 16.6. The molecule has 1 heterocycles. The highest BCUT2D eigenvalue weighted by Gasteiger charge is 2.20. The van der Waals surface area contributed by atoms with E-state index in [9.17, 15) is 4.79 Å². The maximum Gasteiger partial charge on any atom is 0.503 e. The summed E-state index contributed by atoms with van der Waals surface area (Å²) in [4.78, 5) is 18.7. The minimum atomic E-state index is -1.83. The Labute approximate surface area is 68.8 Å². The molecular weight excluding hydrogens is 166 g/mol. The molecule has 0 radical (unpaired) electrons. The van der Waals surface area contributed by atoms with Gasteiger partial charge in [0, 0.05) is 0 Å². The molecule has 0 aromatic rings. The van der Waals surface area contributed by atoms with Gasteiger partial charge >= 0.3 is 12.1 Å². The molecule has 1 saturated heterocycles. The van der Waals surface area contributed by atoms with Crippen molar-refractivity contribution in [3.63, 3.8) is 0 Å². The topological polar surface area (TPSA) is 107 Å². The number of hydrogen-bond donors (Lipinski definition) is 4. The third-order valence-electron chi connectivity index (χ3n) is 1.36. The van der Waals surface area contributed by atoms with Gasteiger partial charge in [0.25, 0.3) is 0 Å². The Morgan fingerprint density at radius 1 is 1.25 bits per heavy atom. The van der Waals surface area contributed by atoms with Crippen molar-refractivity contribution in [3.05, 3.63) is 0 Å². The lowest BCUT2D eigenvalue weighted by atomic mass is 10.2. The monoisotopic (exact) mass is 177 g/mol. The second-order valence-corrected chi connectivity index (χ2v) is 2.27. The van der Waals surface area contributed by atoms with E-state index in [1.54, 1.807) is 0 Å². The summed E-state index contributed by atoms with van der Waals surface area (Å²) in [7, 11) is 0. The van der Waals surface area contributed by atoms with Crippen molar-refractivity contribution in [3.8, 4) is 0 Å². The molecule has 0 spiro atoms. The second kappa shape index (κ2) is 5.36. The zero-order valence-electron chi connectivity index (χ0n) is 6.36. The van der Waals surface area contributed by atoms with Crippen molar-refractivity contribution in [1.29, 1.82) is 0 Å². The molecule has 0 bridgehead atoms. The van der Waals surface area contributed by atoms with Crippen molar-refractivity contribution < 1.29 is 24.9 Å². The molecule has 0 saturated carbocycles. The van der Waals surface area contributed by atoms with E-state index >= 15 is 0 Å². The van der Waals surface area contributed by atoms with Gasteiger partial charge in [0.2, 0.25) is 0 Å². The fourth-order valence-electron chi connectivity index (χ4n) is 0.895. The highest BCUT2D eigenvalue weighted by molar-refractivity contribution is 5.73. The molecule has 0 amide bonds. The van der Waals surface area contributed by atoms with Crippen LogP contribution < -0.4 is 5.32 Å². The molecule has 0 aromatic carbocycles. The third-order valence-corrected chi connectivity index (χ3v) is 1.36. The smallest absolute Gasteiger partial charge is 0.480 e. The van der Waals surface area contributed by atoms with E-state index in [-0.39, 0.29) is 6.04 Å². The first kappa shape index (κ1) is 10.7. The predicted molar refractivity (Wildman–Crippen MR) is 39.3 cm³/mol. The van der Waals surface area contributed by atoms with Gasteiger partial charge in [-0.05, 0) is 19.4 Å². The van der Waals surface area contributed by atoms with E-state index < -0.39 is 12.1 Å². The van der Waals surface area contributed by atoms with E-state index in [0.29, 0.717) is 0 Å². The Bertz CT molecular complexity index is 159. The van der Waals surface area contributed by atoms with E-state index in [1.807, 2.05) is 0 Å². The van der Waals surface area contributed by atoms with Gasteiger partial charge in [-0.25, -0.2) is 4.79 Å². The summed E-state index contributed by atoms with van der Waals surface area (Å²) < 4.78 is 0. The standard InChI is InChI=1S/C5H9NO2.CH2O3/c7-5(8)4-2-1-3-6-4;2-1(3)4/h4,6H,1-3H2,(H,7,8);(H2,2,3,4). The molecule has 1 unspecified atom stereocenters. The van der Waals surface area contributed by atoms with Gasteiger partial charge < -0.3 is 20.6 Å². The van der Waals surface area contributed by atoms with Gasteiger partial charge in [-0.3, -0.25) is 4.79 Å². The third kappa shape index (κ3) is 5.48. The van der Waals surface area contributed by atoms with Crippen LogP contribution in [0.4, 0.5) is 4.79 Å². The number of rotatable bonds is 1. The Morgan fingerprint density at radius 3 is 1.92 bits per heavy atom. The van der Waals surface area contributed by atoms with Crippen LogP contribution in [-0.2, 0) is 4.79 Å². The Hall–Kier alpha value is -1.30. The number of carbonyl (C=O) groups is 2. The Kier molecular flexibility index (Phi) is 4.78. The first-order chi connectivity index (χ1) is 5.54. The average Bonchev–Trinajstić information content (AvgIpc) is 2.34. The van der Waals surface area contributed by atoms with Crippen LogP contribution in [0.3, 0.4) is 0 Å². The average molecular weight is 177 g/mol. The minimum absolute atomic E-state index is 0.269. The van der Waals surface area contributed by atoms with E-state index in [0.717, 1.165) is 19.4 Å². The van der Waals surface area contributed by atoms with Crippen LogP contribution in [0.5, 0.6) is 0 Å². The van der Waals surface area contributed by atoms with Crippen LogP contribution in [-0.4, -0.2) is 40.0 Å². The molecular formula is C6H11NO5. The van der Waals surface area contributed by atoms with Gasteiger partial charge in [-0.15, -0.1) is 0 Å². The largest absolute Gasteiger partial charge is 0.503 e. The van der Waals surface area contributed by atoms with Crippen LogP contribution in [0.15, 0.2) is 0 Å². The number of carboxylic acids is 1. The Morgan fingerprint density at radius 2 is 1.75 bits per heavy atom.